The van der Waals surface area contributed by atoms with Crippen LogP contribution in [-0.2, 0) is 0 Å². The summed E-state index contributed by atoms with van der Waals surface area (Å²) in [6, 6.07) is 7.43. The van der Waals surface area contributed by atoms with Crippen LogP contribution >= 0.6 is 0 Å². The minimum atomic E-state index is 0.0466. The molecule has 0 spiro atoms. The van der Waals surface area contributed by atoms with Gasteiger partial charge >= 0.3 is 0 Å². The first kappa shape index (κ1) is 13.4. The smallest absolute Gasteiger partial charge is 0.161 e. The van der Waals surface area contributed by atoms with Crippen molar-refractivity contribution in [2.75, 3.05) is 18.0 Å². The molecule has 1 heterocycles. The van der Waals surface area contributed by atoms with Gasteiger partial charge in [-0.1, -0.05) is 6.08 Å². The van der Waals surface area contributed by atoms with Crippen molar-refractivity contribution in [1.29, 1.82) is 5.26 Å². The summed E-state index contributed by atoms with van der Waals surface area (Å²) in [6.07, 6.45) is 4.12. The second kappa shape index (κ2) is 5.71. The van der Waals surface area contributed by atoms with Crippen molar-refractivity contribution < 1.29 is 4.79 Å². The summed E-state index contributed by atoms with van der Waals surface area (Å²) >= 11 is 0. The Balaban J connectivity index is 2.30. The average Bonchev–Trinajstić information content (AvgIpc) is 2.46. The number of nitriles is 1. The predicted molar refractivity (Wildman–Crippen MR) is 76.3 cm³/mol. The fourth-order valence-electron chi connectivity index (χ4n) is 2.54. The molecular formula is C16H18N2O. The molecule has 1 aliphatic rings. The molecular weight excluding hydrogens is 236 g/mol. The molecule has 1 aromatic carbocycles. The molecule has 1 aromatic rings. The Kier molecular flexibility index (Phi) is 4.01. The van der Waals surface area contributed by atoms with Gasteiger partial charge in [0.05, 0.1) is 11.6 Å². The number of nitrogens with zero attached hydrogens (tertiary/aromatic N) is 2. The van der Waals surface area contributed by atoms with Crippen LogP contribution < -0.4 is 4.90 Å². The molecule has 0 aliphatic carbocycles. The lowest BCUT2D eigenvalue weighted by Crippen LogP contribution is -2.34. The molecule has 0 atom stereocenters. The van der Waals surface area contributed by atoms with Crippen molar-refractivity contribution in [3.8, 4) is 6.07 Å². The average molecular weight is 254 g/mol. The highest BCUT2D eigenvalue weighted by molar-refractivity contribution is 6.00. The molecule has 0 N–H and O–H groups in total. The van der Waals surface area contributed by atoms with Gasteiger partial charge in [0, 0.05) is 24.3 Å². The summed E-state index contributed by atoms with van der Waals surface area (Å²) in [6.45, 7) is 7.23. The zero-order valence-corrected chi connectivity index (χ0v) is 11.2. The zero-order chi connectivity index (χ0) is 13.8. The molecule has 1 saturated heterocycles. The van der Waals surface area contributed by atoms with Crippen molar-refractivity contribution in [2.45, 2.75) is 19.8 Å². The number of rotatable bonds is 3. The molecule has 19 heavy (non-hydrogen) atoms. The molecule has 0 radical (unpaired) electrons. The van der Waals surface area contributed by atoms with Crippen LogP contribution in [0.25, 0.3) is 0 Å². The largest absolute Gasteiger partial charge is 0.371 e. The van der Waals surface area contributed by atoms with Gasteiger partial charge in [-0.25, -0.2) is 0 Å². The monoisotopic (exact) mass is 254 g/mol. The third kappa shape index (κ3) is 2.85. The molecule has 2 rings (SSSR count). The minimum Gasteiger partial charge on any atom is -0.371 e. The first-order valence-corrected chi connectivity index (χ1v) is 6.58. The van der Waals surface area contributed by atoms with Gasteiger partial charge in [-0.15, -0.1) is 6.58 Å². The van der Waals surface area contributed by atoms with E-state index < -0.39 is 0 Å². The number of carbonyl (C=O) groups excluding carboxylic acids is 1. The molecule has 0 amide bonds. The quantitative estimate of drug-likeness (QED) is 0.614. The van der Waals surface area contributed by atoms with E-state index in [-0.39, 0.29) is 5.78 Å². The van der Waals surface area contributed by atoms with E-state index in [1.165, 1.54) is 0 Å². The Hall–Kier alpha value is -2.08. The fourth-order valence-corrected chi connectivity index (χ4v) is 2.54. The Labute approximate surface area is 114 Å². The number of hydrogen-bond donors (Lipinski definition) is 0. The molecule has 3 heteroatoms. The summed E-state index contributed by atoms with van der Waals surface area (Å²) < 4.78 is 0. The van der Waals surface area contributed by atoms with Crippen molar-refractivity contribution in [2.24, 2.45) is 5.92 Å². The van der Waals surface area contributed by atoms with Gasteiger partial charge in [-0.2, -0.15) is 5.26 Å². The van der Waals surface area contributed by atoms with Crippen molar-refractivity contribution in [3.63, 3.8) is 0 Å². The molecule has 0 aromatic heterocycles. The van der Waals surface area contributed by atoms with Gasteiger partial charge in [0.25, 0.3) is 0 Å². The van der Waals surface area contributed by atoms with E-state index >= 15 is 0 Å². The molecule has 0 saturated carbocycles. The third-order valence-corrected chi connectivity index (χ3v) is 3.72. The van der Waals surface area contributed by atoms with Crippen molar-refractivity contribution >= 4 is 11.5 Å². The van der Waals surface area contributed by atoms with Gasteiger partial charge in [-0.05, 0) is 43.9 Å². The number of carbonyl (C=O) groups is 1. The van der Waals surface area contributed by atoms with E-state index in [1.807, 2.05) is 12.1 Å². The molecule has 0 bridgehead atoms. The summed E-state index contributed by atoms with van der Waals surface area (Å²) in [7, 11) is 0. The summed E-state index contributed by atoms with van der Waals surface area (Å²) in [4.78, 5) is 13.9. The third-order valence-electron chi connectivity index (χ3n) is 3.72. The summed E-state index contributed by atoms with van der Waals surface area (Å²) in [5, 5.41) is 9.00. The number of allylic oxidation sites excluding steroid dienone is 1. The summed E-state index contributed by atoms with van der Waals surface area (Å²) in [5.41, 5.74) is 2.20. The normalized spacial score (nSPS) is 15.9. The maximum Gasteiger partial charge on any atom is 0.161 e. The Morgan fingerprint density at radius 2 is 2.16 bits per heavy atom. The SMILES string of the molecule is C=CC1CCN(c2cc(C#N)ccc2C(C)=O)CC1. The highest BCUT2D eigenvalue weighted by atomic mass is 16.1. The van der Waals surface area contributed by atoms with Crippen LogP contribution in [0.2, 0.25) is 0 Å². The maximum absolute atomic E-state index is 11.7. The standard InChI is InChI=1S/C16H18N2O/c1-3-13-6-8-18(9-7-13)16-10-14(11-17)4-5-15(16)12(2)19/h3-5,10,13H,1,6-9H2,2H3. The highest BCUT2D eigenvalue weighted by Crippen LogP contribution is 2.28. The van der Waals surface area contributed by atoms with Crippen LogP contribution in [0.4, 0.5) is 5.69 Å². The molecule has 0 unspecified atom stereocenters. The molecule has 3 nitrogen and oxygen atoms in total. The minimum absolute atomic E-state index is 0.0466. The van der Waals surface area contributed by atoms with Crippen LogP contribution in [-0.4, -0.2) is 18.9 Å². The first-order valence-electron chi connectivity index (χ1n) is 6.58. The Bertz CT molecular complexity index is 534. The van der Waals surface area contributed by atoms with E-state index in [1.54, 1.807) is 19.1 Å². The van der Waals surface area contributed by atoms with Gasteiger partial charge in [0.1, 0.15) is 0 Å². The lowest BCUT2D eigenvalue weighted by atomic mass is 9.95. The van der Waals surface area contributed by atoms with Crippen molar-refractivity contribution in [3.05, 3.63) is 42.0 Å². The topological polar surface area (TPSA) is 44.1 Å². The Morgan fingerprint density at radius 1 is 1.47 bits per heavy atom. The van der Waals surface area contributed by atoms with Gasteiger partial charge in [-0.3, -0.25) is 4.79 Å². The zero-order valence-electron chi connectivity index (χ0n) is 11.2. The van der Waals surface area contributed by atoms with Gasteiger partial charge in [0.2, 0.25) is 0 Å². The van der Waals surface area contributed by atoms with Crippen LogP contribution in [0.3, 0.4) is 0 Å². The number of hydrogen-bond acceptors (Lipinski definition) is 3. The predicted octanol–water partition coefficient (Wildman–Crippen LogP) is 3.16. The van der Waals surface area contributed by atoms with E-state index in [2.05, 4.69) is 17.5 Å². The molecule has 1 aliphatic heterocycles. The van der Waals surface area contributed by atoms with Gasteiger partial charge in [0.15, 0.2) is 5.78 Å². The van der Waals surface area contributed by atoms with E-state index in [0.717, 1.165) is 31.6 Å². The van der Waals surface area contributed by atoms with Crippen LogP contribution in [0, 0.1) is 17.2 Å². The number of piperidine rings is 1. The van der Waals surface area contributed by atoms with E-state index in [9.17, 15) is 4.79 Å². The number of ketones is 1. The van der Waals surface area contributed by atoms with Crippen LogP contribution in [0.5, 0.6) is 0 Å². The van der Waals surface area contributed by atoms with Crippen LogP contribution in [0.1, 0.15) is 35.7 Å². The second-order valence-electron chi connectivity index (χ2n) is 4.96. The first-order chi connectivity index (χ1) is 9.15. The molecule has 98 valence electrons. The lowest BCUT2D eigenvalue weighted by molar-refractivity contribution is 0.101. The lowest BCUT2D eigenvalue weighted by Gasteiger charge is -2.33. The van der Waals surface area contributed by atoms with Crippen molar-refractivity contribution in [1.82, 2.24) is 0 Å². The number of anilines is 1. The second-order valence-corrected chi connectivity index (χ2v) is 4.96. The highest BCUT2D eigenvalue weighted by Gasteiger charge is 2.20. The summed E-state index contributed by atoms with van der Waals surface area (Å²) in [5.74, 6) is 0.613. The van der Waals surface area contributed by atoms with E-state index in [4.69, 9.17) is 5.26 Å². The maximum atomic E-state index is 11.7. The molecule has 1 fully saturated rings. The van der Waals surface area contributed by atoms with Crippen LogP contribution in [0.15, 0.2) is 30.9 Å². The van der Waals surface area contributed by atoms with E-state index in [0.29, 0.717) is 17.0 Å². The van der Waals surface area contributed by atoms with Gasteiger partial charge < -0.3 is 4.90 Å². The fraction of sp³-hybridized carbons (Fsp3) is 0.375. The number of benzene rings is 1. The number of Topliss-reactive ketones (excluding diaryl/α,β-unsaturated/α-hetero) is 1. The Morgan fingerprint density at radius 3 is 2.68 bits per heavy atom.